The lowest BCUT2D eigenvalue weighted by Crippen LogP contribution is -2.46. The quantitative estimate of drug-likeness (QED) is 0.691. The Kier molecular flexibility index (Phi) is 6.52. The number of nitrogens with zero attached hydrogens (tertiary/aromatic N) is 1. The summed E-state index contributed by atoms with van der Waals surface area (Å²) in [5.74, 6) is 0.254. The van der Waals surface area contributed by atoms with Crippen molar-refractivity contribution in [3.63, 3.8) is 0 Å². The Bertz CT molecular complexity index is 902. The molecule has 6 heteroatoms. The number of benzene rings is 1. The third-order valence-corrected chi connectivity index (χ3v) is 7.39. The van der Waals surface area contributed by atoms with Crippen LogP contribution in [0.5, 0.6) is 0 Å². The fourth-order valence-electron chi connectivity index (χ4n) is 4.70. The normalized spacial score (nSPS) is 26.6. The van der Waals surface area contributed by atoms with Crippen LogP contribution < -0.4 is 10.6 Å². The van der Waals surface area contributed by atoms with Crippen LogP contribution in [0.4, 0.5) is 0 Å². The Morgan fingerprint density at radius 3 is 2.70 bits per heavy atom. The molecule has 4 unspecified atom stereocenters. The van der Waals surface area contributed by atoms with Crippen molar-refractivity contribution in [2.45, 2.75) is 70.4 Å². The van der Waals surface area contributed by atoms with E-state index in [1.807, 2.05) is 32.0 Å². The first-order chi connectivity index (χ1) is 14.5. The Balaban J connectivity index is 1.43. The third kappa shape index (κ3) is 4.75. The zero-order chi connectivity index (χ0) is 21.1. The molecule has 1 heterocycles. The van der Waals surface area contributed by atoms with Crippen molar-refractivity contribution in [2.24, 2.45) is 11.8 Å². The molecule has 1 aromatic heterocycles. The molecule has 2 amide bonds. The van der Waals surface area contributed by atoms with Gasteiger partial charge < -0.3 is 10.6 Å². The van der Waals surface area contributed by atoms with Gasteiger partial charge in [0.05, 0.1) is 21.1 Å². The number of rotatable bonds is 5. The van der Waals surface area contributed by atoms with Crippen molar-refractivity contribution in [3.8, 4) is 0 Å². The number of para-hydroxylation sites is 1. The molecule has 0 radical (unpaired) electrons. The van der Waals surface area contributed by atoms with E-state index in [0.29, 0.717) is 0 Å². The van der Waals surface area contributed by atoms with Crippen LogP contribution in [-0.4, -0.2) is 28.9 Å². The Morgan fingerprint density at radius 1 is 1.10 bits per heavy atom. The van der Waals surface area contributed by atoms with Crippen LogP contribution in [0.1, 0.15) is 63.3 Å². The fraction of sp³-hybridized carbons (Fsp3) is 0.542. The lowest BCUT2D eigenvalue weighted by molar-refractivity contribution is -0.129. The predicted molar refractivity (Wildman–Crippen MR) is 121 cm³/mol. The number of hydrogen-bond acceptors (Lipinski definition) is 4. The highest BCUT2D eigenvalue weighted by molar-refractivity contribution is 7.18. The van der Waals surface area contributed by atoms with Crippen LogP contribution in [0.25, 0.3) is 10.2 Å². The van der Waals surface area contributed by atoms with Gasteiger partial charge in [-0.3, -0.25) is 9.59 Å². The molecular formula is C24H31N3O2S. The van der Waals surface area contributed by atoms with Gasteiger partial charge in [-0.05, 0) is 58.1 Å². The van der Waals surface area contributed by atoms with Crippen LogP contribution in [0.2, 0.25) is 0 Å². The predicted octanol–water partition coefficient (Wildman–Crippen LogP) is 4.55. The van der Waals surface area contributed by atoms with Crippen molar-refractivity contribution < 1.29 is 9.59 Å². The van der Waals surface area contributed by atoms with E-state index in [0.717, 1.165) is 49.0 Å². The summed E-state index contributed by atoms with van der Waals surface area (Å²) in [5.41, 5.74) is 1.01. The first-order valence-corrected chi connectivity index (χ1v) is 11.9. The Labute approximate surface area is 182 Å². The minimum Gasteiger partial charge on any atom is -0.354 e. The first kappa shape index (κ1) is 21.0. The van der Waals surface area contributed by atoms with Gasteiger partial charge in [0.1, 0.15) is 0 Å². The number of aromatic nitrogens is 1. The van der Waals surface area contributed by atoms with Crippen LogP contribution in [0.3, 0.4) is 0 Å². The van der Waals surface area contributed by atoms with Gasteiger partial charge in [-0.25, -0.2) is 4.98 Å². The van der Waals surface area contributed by atoms with Gasteiger partial charge in [0.15, 0.2) is 0 Å². The SMILES string of the molecule is CC(C)NC(=O)C1CCCC(NC(=O)C2CC=CCC2c2nc3ccccc3s2)C1. The Hall–Kier alpha value is -2.21. The standard InChI is InChI=1S/C24H31N3O2S/c1-15(2)25-22(28)16-8-7-9-17(14-16)26-23(29)18-10-3-4-11-19(18)24-27-20-12-5-6-13-21(20)30-24/h3-6,12-13,15-19H,7-11,14H2,1-2H3,(H,25,28)(H,26,29). The highest BCUT2D eigenvalue weighted by Crippen LogP contribution is 2.39. The smallest absolute Gasteiger partial charge is 0.224 e. The molecule has 2 N–H and O–H groups in total. The van der Waals surface area contributed by atoms with E-state index >= 15 is 0 Å². The highest BCUT2D eigenvalue weighted by atomic mass is 32.1. The molecule has 0 saturated heterocycles. The van der Waals surface area contributed by atoms with Gasteiger partial charge in [0, 0.05) is 23.9 Å². The Morgan fingerprint density at radius 2 is 1.90 bits per heavy atom. The van der Waals surface area contributed by atoms with E-state index in [-0.39, 0.29) is 41.7 Å². The maximum absolute atomic E-state index is 13.3. The van der Waals surface area contributed by atoms with E-state index in [1.165, 1.54) is 4.70 Å². The molecule has 2 aliphatic carbocycles. The zero-order valence-electron chi connectivity index (χ0n) is 17.8. The topological polar surface area (TPSA) is 71.1 Å². The van der Waals surface area contributed by atoms with Gasteiger partial charge in [-0.2, -0.15) is 0 Å². The summed E-state index contributed by atoms with van der Waals surface area (Å²) in [4.78, 5) is 30.5. The second-order valence-electron chi connectivity index (χ2n) is 8.91. The van der Waals surface area contributed by atoms with E-state index in [2.05, 4.69) is 28.9 Å². The summed E-state index contributed by atoms with van der Waals surface area (Å²) in [6, 6.07) is 8.39. The summed E-state index contributed by atoms with van der Waals surface area (Å²) in [6.45, 7) is 3.97. The van der Waals surface area contributed by atoms with Crippen LogP contribution in [0.15, 0.2) is 36.4 Å². The summed E-state index contributed by atoms with van der Waals surface area (Å²) in [6.07, 6.45) is 9.46. The summed E-state index contributed by atoms with van der Waals surface area (Å²) < 4.78 is 1.17. The molecule has 0 spiro atoms. The minimum atomic E-state index is -0.0968. The molecule has 0 bridgehead atoms. The van der Waals surface area contributed by atoms with Crippen molar-refractivity contribution in [3.05, 3.63) is 41.4 Å². The average molecular weight is 426 g/mol. The number of carbonyl (C=O) groups excluding carboxylic acids is 2. The second-order valence-corrected chi connectivity index (χ2v) is 9.97. The average Bonchev–Trinajstić information content (AvgIpc) is 3.17. The molecule has 4 atom stereocenters. The number of carbonyl (C=O) groups is 2. The molecule has 160 valence electrons. The van der Waals surface area contributed by atoms with Crippen molar-refractivity contribution in [2.75, 3.05) is 0 Å². The number of thiazole rings is 1. The summed E-state index contributed by atoms with van der Waals surface area (Å²) in [7, 11) is 0. The highest BCUT2D eigenvalue weighted by Gasteiger charge is 2.35. The van der Waals surface area contributed by atoms with E-state index < -0.39 is 0 Å². The molecule has 1 aromatic carbocycles. The lowest BCUT2D eigenvalue weighted by Gasteiger charge is -2.32. The zero-order valence-corrected chi connectivity index (χ0v) is 18.6. The third-order valence-electron chi connectivity index (χ3n) is 6.22. The van der Waals surface area contributed by atoms with E-state index in [9.17, 15) is 9.59 Å². The number of amides is 2. The molecule has 30 heavy (non-hydrogen) atoms. The molecule has 5 nitrogen and oxygen atoms in total. The minimum absolute atomic E-state index is 0.00207. The van der Waals surface area contributed by atoms with Gasteiger partial charge in [-0.1, -0.05) is 30.7 Å². The van der Waals surface area contributed by atoms with Gasteiger partial charge in [0.2, 0.25) is 11.8 Å². The largest absolute Gasteiger partial charge is 0.354 e. The number of nitrogens with one attached hydrogen (secondary N) is 2. The molecule has 4 rings (SSSR count). The molecule has 1 fully saturated rings. The molecule has 2 aliphatic rings. The number of hydrogen-bond donors (Lipinski definition) is 2. The molecular weight excluding hydrogens is 394 g/mol. The monoisotopic (exact) mass is 425 g/mol. The van der Waals surface area contributed by atoms with Crippen molar-refractivity contribution in [1.29, 1.82) is 0 Å². The second kappa shape index (κ2) is 9.29. The summed E-state index contributed by atoms with van der Waals surface area (Å²) in [5, 5.41) is 7.36. The van der Waals surface area contributed by atoms with Gasteiger partial charge in [0.25, 0.3) is 0 Å². The van der Waals surface area contributed by atoms with E-state index in [4.69, 9.17) is 4.98 Å². The fourth-order valence-corrected chi connectivity index (χ4v) is 5.84. The van der Waals surface area contributed by atoms with Crippen LogP contribution in [0, 0.1) is 11.8 Å². The van der Waals surface area contributed by atoms with Gasteiger partial charge in [-0.15, -0.1) is 11.3 Å². The van der Waals surface area contributed by atoms with Crippen molar-refractivity contribution in [1.82, 2.24) is 15.6 Å². The van der Waals surface area contributed by atoms with Crippen molar-refractivity contribution >= 4 is 33.4 Å². The summed E-state index contributed by atoms with van der Waals surface area (Å²) >= 11 is 1.70. The first-order valence-electron chi connectivity index (χ1n) is 11.1. The molecule has 0 aliphatic heterocycles. The lowest BCUT2D eigenvalue weighted by atomic mass is 9.81. The van der Waals surface area contributed by atoms with E-state index in [1.54, 1.807) is 11.3 Å². The molecule has 1 saturated carbocycles. The van der Waals surface area contributed by atoms with Crippen LogP contribution in [-0.2, 0) is 9.59 Å². The molecule has 2 aromatic rings. The number of allylic oxidation sites excluding steroid dienone is 2. The van der Waals surface area contributed by atoms with Crippen LogP contribution >= 0.6 is 11.3 Å². The maximum Gasteiger partial charge on any atom is 0.224 e. The number of fused-ring (bicyclic) bond motifs is 1. The van der Waals surface area contributed by atoms with Gasteiger partial charge >= 0.3 is 0 Å². The maximum atomic E-state index is 13.3.